The summed E-state index contributed by atoms with van der Waals surface area (Å²) < 4.78 is 10.6. The van der Waals surface area contributed by atoms with Crippen molar-refractivity contribution < 1.29 is 9.47 Å². The van der Waals surface area contributed by atoms with Crippen molar-refractivity contribution in [3.8, 4) is 5.88 Å². The lowest BCUT2D eigenvalue weighted by molar-refractivity contribution is -0.0813. The second-order valence-electron chi connectivity index (χ2n) is 4.08. The Kier molecular flexibility index (Phi) is 4.59. The van der Waals surface area contributed by atoms with E-state index in [0.717, 1.165) is 25.1 Å². The summed E-state index contributed by atoms with van der Waals surface area (Å²) in [7, 11) is 0. The van der Waals surface area contributed by atoms with Crippen LogP contribution in [0.2, 0.25) is 5.02 Å². The summed E-state index contributed by atoms with van der Waals surface area (Å²) in [5, 5.41) is 3.86. The summed E-state index contributed by atoms with van der Waals surface area (Å²) in [6, 6.07) is 1.89. The number of nitrogens with one attached hydrogen (secondary N) is 1. The minimum Gasteiger partial charge on any atom is -0.468 e. The lowest BCUT2D eigenvalue weighted by atomic mass is 10.2. The molecule has 0 atom stereocenters. The normalized spacial score (nSPS) is 15.6. The number of aromatic nitrogens is 1. The number of hydrogen-bond donors (Lipinski definition) is 1. The molecular formula is C12H17ClN2O2. The molecule has 4 nitrogen and oxygen atoms in total. The smallest absolute Gasteiger partial charge is 0.233 e. The first kappa shape index (κ1) is 12.6. The Morgan fingerprint density at radius 2 is 2.41 bits per heavy atom. The Labute approximate surface area is 106 Å². The quantitative estimate of drug-likeness (QED) is 0.791. The van der Waals surface area contributed by atoms with Gasteiger partial charge in [0.25, 0.3) is 0 Å². The van der Waals surface area contributed by atoms with Crippen LogP contribution in [0, 0.1) is 0 Å². The van der Waals surface area contributed by atoms with Gasteiger partial charge in [0.2, 0.25) is 5.88 Å². The summed E-state index contributed by atoms with van der Waals surface area (Å²) in [5.74, 6) is 0.499. The van der Waals surface area contributed by atoms with Gasteiger partial charge in [-0.15, -0.1) is 0 Å². The van der Waals surface area contributed by atoms with Gasteiger partial charge in [-0.05, 0) is 24.6 Å². The van der Waals surface area contributed by atoms with Crippen LogP contribution < -0.4 is 10.1 Å². The molecule has 1 aromatic rings. The average Bonchev–Trinajstić information content (AvgIpc) is 2.26. The molecule has 1 aliphatic rings. The maximum absolute atomic E-state index is 6.11. The molecule has 0 saturated carbocycles. The van der Waals surface area contributed by atoms with Crippen molar-refractivity contribution in [2.75, 3.05) is 19.8 Å². The first-order valence-corrected chi connectivity index (χ1v) is 6.27. The zero-order valence-electron chi connectivity index (χ0n) is 9.91. The van der Waals surface area contributed by atoms with Crippen molar-refractivity contribution in [1.82, 2.24) is 10.3 Å². The number of rotatable bonds is 6. The van der Waals surface area contributed by atoms with Gasteiger partial charge >= 0.3 is 0 Å². The molecule has 0 bridgehead atoms. The molecule has 1 N–H and O–H groups in total. The number of nitrogens with zero attached hydrogens (tertiary/aromatic N) is 1. The molecule has 0 unspecified atom stereocenters. The lowest BCUT2D eigenvalue weighted by Gasteiger charge is -2.26. The highest BCUT2D eigenvalue weighted by molar-refractivity contribution is 6.31. The molecule has 1 saturated heterocycles. The number of ether oxygens (including phenoxy) is 2. The van der Waals surface area contributed by atoms with E-state index in [2.05, 4.69) is 17.2 Å². The molecule has 0 amide bonds. The monoisotopic (exact) mass is 256 g/mol. The molecule has 94 valence electrons. The van der Waals surface area contributed by atoms with Crippen molar-refractivity contribution in [3.05, 3.63) is 22.8 Å². The zero-order valence-corrected chi connectivity index (χ0v) is 10.7. The molecular weight excluding hydrogens is 240 g/mol. The minimum absolute atomic E-state index is 0.101. The van der Waals surface area contributed by atoms with Gasteiger partial charge in [-0.3, -0.25) is 0 Å². The third kappa shape index (κ3) is 3.56. The van der Waals surface area contributed by atoms with Gasteiger partial charge in [0.05, 0.1) is 13.2 Å². The molecule has 0 spiro atoms. The van der Waals surface area contributed by atoms with E-state index in [1.54, 1.807) is 6.20 Å². The van der Waals surface area contributed by atoms with E-state index in [1.807, 2.05) is 6.07 Å². The fraction of sp³-hybridized carbons (Fsp3) is 0.583. The van der Waals surface area contributed by atoms with Gasteiger partial charge in [-0.2, -0.15) is 0 Å². The Balaban J connectivity index is 1.90. The van der Waals surface area contributed by atoms with Crippen molar-refractivity contribution >= 4 is 11.6 Å². The topological polar surface area (TPSA) is 43.4 Å². The summed E-state index contributed by atoms with van der Waals surface area (Å²) >= 11 is 6.11. The lowest BCUT2D eigenvalue weighted by Crippen LogP contribution is -2.38. The van der Waals surface area contributed by atoms with Gasteiger partial charge < -0.3 is 14.8 Å². The zero-order chi connectivity index (χ0) is 12.1. The highest BCUT2D eigenvalue weighted by Crippen LogP contribution is 2.24. The maximum Gasteiger partial charge on any atom is 0.233 e. The molecule has 17 heavy (non-hydrogen) atoms. The standard InChI is InChI=1S/C12H17ClN2O2/c1-2-3-14-5-9-4-11(13)12(15-6-9)17-10-7-16-8-10/h4,6,10,14H,2-3,5,7-8H2,1H3. The van der Waals surface area contributed by atoms with Crippen LogP contribution in [0.15, 0.2) is 12.3 Å². The van der Waals surface area contributed by atoms with Crippen LogP contribution >= 0.6 is 11.6 Å². The summed E-state index contributed by atoms with van der Waals surface area (Å²) in [4.78, 5) is 4.23. The van der Waals surface area contributed by atoms with Gasteiger partial charge in [-0.1, -0.05) is 18.5 Å². The molecule has 1 aliphatic heterocycles. The second kappa shape index (κ2) is 6.19. The Bertz CT molecular complexity index is 370. The highest BCUT2D eigenvalue weighted by Gasteiger charge is 2.21. The predicted molar refractivity (Wildman–Crippen MR) is 66.5 cm³/mol. The fourth-order valence-electron chi connectivity index (χ4n) is 1.50. The third-order valence-electron chi connectivity index (χ3n) is 2.51. The van der Waals surface area contributed by atoms with Crippen LogP contribution in [0.3, 0.4) is 0 Å². The summed E-state index contributed by atoms with van der Waals surface area (Å²) in [6.07, 6.45) is 3.01. The SMILES string of the molecule is CCCNCc1cnc(OC2COC2)c(Cl)c1. The largest absolute Gasteiger partial charge is 0.468 e. The van der Waals surface area contributed by atoms with Crippen LogP contribution in [0.4, 0.5) is 0 Å². The van der Waals surface area contributed by atoms with E-state index < -0.39 is 0 Å². The van der Waals surface area contributed by atoms with Crippen LogP contribution in [-0.2, 0) is 11.3 Å². The van der Waals surface area contributed by atoms with E-state index in [1.165, 1.54) is 0 Å². The molecule has 1 fully saturated rings. The van der Waals surface area contributed by atoms with Crippen molar-refractivity contribution in [3.63, 3.8) is 0 Å². The first-order chi connectivity index (χ1) is 8.29. The van der Waals surface area contributed by atoms with Crippen LogP contribution in [0.25, 0.3) is 0 Å². The number of hydrogen-bond acceptors (Lipinski definition) is 4. The average molecular weight is 257 g/mol. The van der Waals surface area contributed by atoms with Gasteiger partial charge in [0.1, 0.15) is 11.1 Å². The molecule has 2 heterocycles. The molecule has 0 aromatic carbocycles. The molecule has 0 aliphatic carbocycles. The van der Waals surface area contributed by atoms with E-state index >= 15 is 0 Å². The summed E-state index contributed by atoms with van der Waals surface area (Å²) in [5.41, 5.74) is 1.07. The molecule has 1 aromatic heterocycles. The van der Waals surface area contributed by atoms with E-state index in [0.29, 0.717) is 24.1 Å². The highest BCUT2D eigenvalue weighted by atomic mass is 35.5. The van der Waals surface area contributed by atoms with Crippen molar-refractivity contribution in [1.29, 1.82) is 0 Å². The molecule has 5 heteroatoms. The van der Waals surface area contributed by atoms with Crippen LogP contribution in [-0.4, -0.2) is 30.8 Å². The second-order valence-corrected chi connectivity index (χ2v) is 4.49. The Hall–Kier alpha value is -0.840. The fourth-order valence-corrected chi connectivity index (χ4v) is 1.73. The van der Waals surface area contributed by atoms with Gasteiger partial charge in [-0.25, -0.2) is 4.98 Å². The van der Waals surface area contributed by atoms with Gasteiger partial charge in [0, 0.05) is 12.7 Å². The molecule has 2 rings (SSSR count). The third-order valence-corrected chi connectivity index (χ3v) is 2.78. The van der Waals surface area contributed by atoms with Crippen molar-refractivity contribution in [2.24, 2.45) is 0 Å². The maximum atomic E-state index is 6.11. The van der Waals surface area contributed by atoms with Crippen molar-refractivity contribution in [2.45, 2.75) is 26.0 Å². The Morgan fingerprint density at radius 3 is 3.00 bits per heavy atom. The number of halogens is 1. The van der Waals surface area contributed by atoms with Gasteiger partial charge in [0.15, 0.2) is 0 Å². The first-order valence-electron chi connectivity index (χ1n) is 5.89. The molecule has 0 radical (unpaired) electrons. The predicted octanol–water partition coefficient (Wildman–Crippen LogP) is 2.01. The van der Waals surface area contributed by atoms with E-state index in [9.17, 15) is 0 Å². The minimum atomic E-state index is 0.101. The van der Waals surface area contributed by atoms with E-state index in [-0.39, 0.29) is 6.10 Å². The van der Waals surface area contributed by atoms with E-state index in [4.69, 9.17) is 21.1 Å². The Morgan fingerprint density at radius 1 is 1.59 bits per heavy atom. The summed E-state index contributed by atoms with van der Waals surface area (Å²) in [6.45, 7) is 5.16. The van der Waals surface area contributed by atoms with Crippen LogP contribution in [0.1, 0.15) is 18.9 Å². The van der Waals surface area contributed by atoms with Crippen LogP contribution in [0.5, 0.6) is 5.88 Å². The number of pyridine rings is 1.